The van der Waals surface area contributed by atoms with Gasteiger partial charge in [-0.05, 0) is 32.1 Å². The van der Waals surface area contributed by atoms with Crippen molar-refractivity contribution in [3.05, 3.63) is 0 Å². The predicted molar refractivity (Wildman–Crippen MR) is 65.2 cm³/mol. The Morgan fingerprint density at radius 1 is 1.50 bits per heavy atom. The molecule has 0 heterocycles. The lowest BCUT2D eigenvalue weighted by Gasteiger charge is -2.08. The molecule has 1 saturated carbocycles. The van der Waals surface area contributed by atoms with E-state index in [0.717, 1.165) is 32.2 Å². The summed E-state index contributed by atoms with van der Waals surface area (Å²) in [6.07, 6.45) is 4.44. The van der Waals surface area contributed by atoms with Crippen molar-refractivity contribution in [3.8, 4) is 0 Å². The average molecular weight is 250 g/mol. The molecular formula is C10H20ClN3O2. The molecule has 6 heteroatoms. The van der Waals surface area contributed by atoms with Crippen molar-refractivity contribution < 1.29 is 9.90 Å². The monoisotopic (exact) mass is 249 g/mol. The van der Waals surface area contributed by atoms with Crippen molar-refractivity contribution in [2.24, 2.45) is 11.7 Å². The second-order valence-electron chi connectivity index (χ2n) is 4.06. The third-order valence-electron chi connectivity index (χ3n) is 2.56. The van der Waals surface area contributed by atoms with Gasteiger partial charge in [0.05, 0.1) is 5.84 Å². The average Bonchev–Trinajstić information content (AvgIpc) is 2.99. The van der Waals surface area contributed by atoms with Gasteiger partial charge in [-0.3, -0.25) is 10.2 Å². The molecule has 0 amide bonds. The lowest BCUT2D eigenvalue weighted by atomic mass is 10.1. The standard InChI is InChI=1S/C10H19N3O2.ClH/c11-8(10(14)15)3-1-2-6-13-9(12)7-4-5-7;/h7-8H,1-6,11H2,(H2,12,13)(H,14,15);1H/t8-;/m0./s1. The van der Waals surface area contributed by atoms with E-state index in [2.05, 4.69) is 5.32 Å². The highest BCUT2D eigenvalue weighted by atomic mass is 35.5. The summed E-state index contributed by atoms with van der Waals surface area (Å²) in [6.45, 7) is 0.752. The normalized spacial score (nSPS) is 16.1. The molecule has 94 valence electrons. The Bertz CT molecular complexity index is 244. The van der Waals surface area contributed by atoms with Crippen LogP contribution in [-0.2, 0) is 4.79 Å². The molecule has 5 N–H and O–H groups in total. The second-order valence-corrected chi connectivity index (χ2v) is 4.06. The molecule has 1 atom stereocenters. The second kappa shape index (κ2) is 7.46. The summed E-state index contributed by atoms with van der Waals surface area (Å²) in [6, 6.07) is -0.743. The van der Waals surface area contributed by atoms with Crippen molar-refractivity contribution in [1.82, 2.24) is 5.32 Å². The molecule has 0 saturated heterocycles. The SMILES string of the molecule is Cl.N=C(NCCCC[C@H](N)C(=O)O)C1CC1. The molecule has 0 aromatic rings. The van der Waals surface area contributed by atoms with Gasteiger partial charge >= 0.3 is 5.97 Å². The van der Waals surface area contributed by atoms with Gasteiger partial charge in [0.2, 0.25) is 0 Å². The minimum Gasteiger partial charge on any atom is -0.480 e. The number of aliphatic carboxylic acids is 1. The molecule has 1 aliphatic rings. The number of carboxylic acids is 1. The fourth-order valence-corrected chi connectivity index (χ4v) is 1.35. The number of carbonyl (C=O) groups is 1. The summed E-state index contributed by atoms with van der Waals surface area (Å²) >= 11 is 0. The van der Waals surface area contributed by atoms with Gasteiger partial charge in [-0.1, -0.05) is 0 Å². The highest BCUT2D eigenvalue weighted by Gasteiger charge is 2.25. The molecule has 0 unspecified atom stereocenters. The van der Waals surface area contributed by atoms with Crippen LogP contribution in [0.1, 0.15) is 32.1 Å². The van der Waals surface area contributed by atoms with Crippen LogP contribution in [0.15, 0.2) is 0 Å². The molecule has 1 rings (SSSR count). The summed E-state index contributed by atoms with van der Waals surface area (Å²) in [5, 5.41) is 19.1. The van der Waals surface area contributed by atoms with E-state index in [4.69, 9.17) is 16.2 Å². The first-order valence-electron chi connectivity index (χ1n) is 5.42. The summed E-state index contributed by atoms with van der Waals surface area (Å²) in [7, 11) is 0. The zero-order valence-electron chi connectivity index (χ0n) is 9.24. The van der Waals surface area contributed by atoms with Gasteiger partial charge in [0, 0.05) is 12.5 Å². The Labute approximate surface area is 102 Å². The fourth-order valence-electron chi connectivity index (χ4n) is 1.35. The van der Waals surface area contributed by atoms with Crippen LogP contribution >= 0.6 is 12.4 Å². The lowest BCUT2D eigenvalue weighted by molar-refractivity contribution is -0.138. The van der Waals surface area contributed by atoms with E-state index in [1.807, 2.05) is 0 Å². The van der Waals surface area contributed by atoms with Crippen LogP contribution in [0.5, 0.6) is 0 Å². The predicted octanol–water partition coefficient (Wildman–Crippen LogP) is 0.967. The molecule has 0 aliphatic heterocycles. The van der Waals surface area contributed by atoms with Crippen molar-refractivity contribution in [2.45, 2.75) is 38.1 Å². The molecule has 0 aromatic carbocycles. The van der Waals surface area contributed by atoms with Crippen molar-refractivity contribution in [1.29, 1.82) is 5.41 Å². The number of nitrogens with one attached hydrogen (secondary N) is 2. The number of unbranched alkanes of at least 4 members (excludes halogenated alkanes) is 1. The molecule has 1 aliphatic carbocycles. The topological polar surface area (TPSA) is 99.2 Å². The molecule has 5 nitrogen and oxygen atoms in total. The molecule has 1 fully saturated rings. The maximum atomic E-state index is 10.4. The highest BCUT2D eigenvalue weighted by Crippen LogP contribution is 2.28. The number of rotatable bonds is 7. The van der Waals surface area contributed by atoms with E-state index in [1.54, 1.807) is 0 Å². The number of hydrogen-bond donors (Lipinski definition) is 4. The van der Waals surface area contributed by atoms with Gasteiger partial charge in [0.15, 0.2) is 0 Å². The number of nitrogens with two attached hydrogens (primary N) is 1. The number of carboxylic acid groups (broad SMARTS) is 1. The van der Waals surface area contributed by atoms with E-state index in [9.17, 15) is 4.79 Å². The third kappa shape index (κ3) is 5.92. The van der Waals surface area contributed by atoms with Crippen LogP contribution in [0.2, 0.25) is 0 Å². The van der Waals surface area contributed by atoms with Gasteiger partial charge in [0.1, 0.15) is 6.04 Å². The van der Waals surface area contributed by atoms with Crippen molar-refractivity contribution in [2.75, 3.05) is 6.54 Å². The third-order valence-corrected chi connectivity index (χ3v) is 2.56. The number of amidine groups is 1. The Balaban J connectivity index is 0.00000225. The van der Waals surface area contributed by atoms with Crippen LogP contribution in [-0.4, -0.2) is 29.5 Å². The van der Waals surface area contributed by atoms with Crippen LogP contribution in [0.3, 0.4) is 0 Å². The van der Waals surface area contributed by atoms with Crippen molar-refractivity contribution in [3.63, 3.8) is 0 Å². The van der Waals surface area contributed by atoms with E-state index in [1.165, 1.54) is 0 Å². The number of halogens is 1. The molecule has 0 bridgehead atoms. The Kier molecular flexibility index (Phi) is 7.08. The summed E-state index contributed by atoms with van der Waals surface area (Å²) < 4.78 is 0. The van der Waals surface area contributed by atoms with Crippen LogP contribution < -0.4 is 11.1 Å². The van der Waals surface area contributed by atoms with E-state index >= 15 is 0 Å². The maximum Gasteiger partial charge on any atom is 0.320 e. The minimum absolute atomic E-state index is 0. The van der Waals surface area contributed by atoms with Gasteiger partial charge in [-0.25, -0.2) is 0 Å². The van der Waals surface area contributed by atoms with E-state index < -0.39 is 12.0 Å². The van der Waals surface area contributed by atoms with Gasteiger partial charge < -0.3 is 16.2 Å². The van der Waals surface area contributed by atoms with Crippen LogP contribution in [0.25, 0.3) is 0 Å². The Morgan fingerprint density at radius 3 is 2.62 bits per heavy atom. The Morgan fingerprint density at radius 2 is 2.12 bits per heavy atom. The van der Waals surface area contributed by atoms with E-state index in [0.29, 0.717) is 18.2 Å². The summed E-state index contributed by atoms with van der Waals surface area (Å²) in [5.74, 6) is 0.164. The largest absolute Gasteiger partial charge is 0.480 e. The first-order chi connectivity index (χ1) is 7.11. The van der Waals surface area contributed by atoms with E-state index in [-0.39, 0.29) is 12.4 Å². The molecule has 0 aromatic heterocycles. The maximum absolute atomic E-state index is 10.4. The zero-order chi connectivity index (χ0) is 11.3. The fraction of sp³-hybridized carbons (Fsp3) is 0.800. The summed E-state index contributed by atoms with van der Waals surface area (Å²) in [5.41, 5.74) is 5.35. The zero-order valence-corrected chi connectivity index (χ0v) is 10.1. The first kappa shape index (κ1) is 15.2. The highest BCUT2D eigenvalue weighted by molar-refractivity contribution is 5.85. The molecule has 16 heavy (non-hydrogen) atoms. The molecule has 0 radical (unpaired) electrons. The number of hydrogen-bond acceptors (Lipinski definition) is 3. The van der Waals surface area contributed by atoms with Crippen LogP contribution in [0.4, 0.5) is 0 Å². The van der Waals surface area contributed by atoms with Gasteiger partial charge in [-0.15, -0.1) is 12.4 Å². The minimum atomic E-state index is -0.936. The first-order valence-corrected chi connectivity index (χ1v) is 5.42. The smallest absolute Gasteiger partial charge is 0.320 e. The quantitative estimate of drug-likeness (QED) is 0.307. The molecular weight excluding hydrogens is 230 g/mol. The van der Waals surface area contributed by atoms with Crippen molar-refractivity contribution >= 4 is 24.2 Å². The lowest BCUT2D eigenvalue weighted by Crippen LogP contribution is -2.30. The van der Waals surface area contributed by atoms with Crippen LogP contribution in [0, 0.1) is 11.3 Å². The van der Waals surface area contributed by atoms with Gasteiger partial charge in [-0.2, -0.15) is 0 Å². The Hall–Kier alpha value is -0.810. The van der Waals surface area contributed by atoms with Gasteiger partial charge in [0.25, 0.3) is 0 Å². The summed E-state index contributed by atoms with van der Waals surface area (Å²) in [4.78, 5) is 10.4. The molecule has 0 spiro atoms.